The number of carbonyl (C=O) groups excluding carboxylic acids is 2. The number of carbonyl (C=O) groups is 2. The summed E-state index contributed by atoms with van der Waals surface area (Å²) < 4.78 is 4.84. The molecule has 0 radical (unpaired) electrons. The quantitative estimate of drug-likeness (QED) is 0.559. The number of rotatable bonds is 5. The third-order valence-electron chi connectivity index (χ3n) is 3.74. The van der Waals surface area contributed by atoms with Gasteiger partial charge in [-0.1, -0.05) is 30.3 Å². The summed E-state index contributed by atoms with van der Waals surface area (Å²) in [5.41, 5.74) is 2.69. The van der Waals surface area contributed by atoms with E-state index in [9.17, 15) is 9.59 Å². The van der Waals surface area contributed by atoms with Gasteiger partial charge in [-0.3, -0.25) is 9.78 Å². The predicted octanol–water partition coefficient (Wildman–Crippen LogP) is 4.06. The van der Waals surface area contributed by atoms with Crippen LogP contribution in [-0.2, 0) is 9.53 Å². The fourth-order valence-corrected chi connectivity index (χ4v) is 2.52. The maximum absolute atomic E-state index is 12.6. The lowest BCUT2D eigenvalue weighted by Gasteiger charge is -2.08. The summed E-state index contributed by atoms with van der Waals surface area (Å²) in [4.78, 5) is 28.2. The van der Waals surface area contributed by atoms with Crippen molar-refractivity contribution in [3.63, 3.8) is 0 Å². The van der Waals surface area contributed by atoms with Gasteiger partial charge in [0.05, 0.1) is 17.7 Å². The standard InChI is InChI=1S/C21H18N2O3/c1-2-26-19(24)13-10-15-8-11-17(12-9-15)23-21(25)18-7-3-5-16-6-4-14-22-20(16)18/h3-14H,2H2,1H3,(H,23,25)/b13-10+. The summed E-state index contributed by atoms with van der Waals surface area (Å²) in [5, 5.41) is 3.78. The van der Waals surface area contributed by atoms with E-state index in [1.165, 1.54) is 6.08 Å². The van der Waals surface area contributed by atoms with Gasteiger partial charge in [0.1, 0.15) is 0 Å². The zero-order valence-electron chi connectivity index (χ0n) is 14.3. The number of nitrogens with one attached hydrogen (secondary N) is 1. The second kappa shape index (κ2) is 8.07. The molecule has 1 heterocycles. The molecule has 3 aromatic rings. The van der Waals surface area contributed by atoms with Gasteiger partial charge < -0.3 is 10.1 Å². The molecule has 0 fully saturated rings. The Labute approximate surface area is 151 Å². The van der Waals surface area contributed by atoms with E-state index in [4.69, 9.17) is 4.74 Å². The van der Waals surface area contributed by atoms with E-state index in [0.29, 0.717) is 23.4 Å². The number of esters is 1. The number of para-hydroxylation sites is 1. The van der Waals surface area contributed by atoms with Crippen molar-refractivity contribution in [3.8, 4) is 0 Å². The number of fused-ring (bicyclic) bond motifs is 1. The molecule has 0 saturated heterocycles. The SMILES string of the molecule is CCOC(=O)/C=C/c1ccc(NC(=O)c2cccc3cccnc23)cc1. The molecule has 0 atom stereocenters. The Balaban J connectivity index is 1.72. The minimum absolute atomic E-state index is 0.218. The lowest BCUT2D eigenvalue weighted by Crippen LogP contribution is -2.12. The Morgan fingerprint density at radius 3 is 2.62 bits per heavy atom. The molecule has 3 rings (SSSR count). The van der Waals surface area contributed by atoms with Gasteiger partial charge in [-0.05, 0) is 42.8 Å². The molecule has 5 heteroatoms. The van der Waals surface area contributed by atoms with Gasteiger partial charge in [-0.25, -0.2) is 4.79 Å². The number of pyridine rings is 1. The predicted molar refractivity (Wildman–Crippen MR) is 102 cm³/mol. The Bertz CT molecular complexity index is 957. The number of benzene rings is 2. The fraction of sp³-hybridized carbons (Fsp3) is 0.0952. The van der Waals surface area contributed by atoms with Gasteiger partial charge in [-0.2, -0.15) is 0 Å². The summed E-state index contributed by atoms with van der Waals surface area (Å²) in [5.74, 6) is -0.600. The van der Waals surface area contributed by atoms with Crippen LogP contribution >= 0.6 is 0 Å². The van der Waals surface area contributed by atoms with Crippen LogP contribution in [0.15, 0.2) is 66.9 Å². The van der Waals surface area contributed by atoms with Gasteiger partial charge >= 0.3 is 5.97 Å². The van der Waals surface area contributed by atoms with Crippen LogP contribution in [0.2, 0.25) is 0 Å². The molecule has 0 aliphatic carbocycles. The highest BCUT2D eigenvalue weighted by atomic mass is 16.5. The first-order valence-electron chi connectivity index (χ1n) is 8.27. The van der Waals surface area contributed by atoms with Crippen LogP contribution in [-0.4, -0.2) is 23.5 Å². The second-order valence-corrected chi connectivity index (χ2v) is 5.54. The number of nitrogens with zero attached hydrogens (tertiary/aromatic N) is 1. The molecular weight excluding hydrogens is 328 g/mol. The van der Waals surface area contributed by atoms with Crippen molar-refractivity contribution in [3.05, 3.63) is 78.0 Å². The maximum atomic E-state index is 12.6. The summed E-state index contributed by atoms with van der Waals surface area (Å²) >= 11 is 0. The Morgan fingerprint density at radius 1 is 1.08 bits per heavy atom. The van der Waals surface area contributed by atoms with Crippen molar-refractivity contribution in [2.24, 2.45) is 0 Å². The van der Waals surface area contributed by atoms with E-state index in [-0.39, 0.29) is 11.9 Å². The van der Waals surface area contributed by atoms with E-state index < -0.39 is 0 Å². The molecule has 1 amide bonds. The molecule has 5 nitrogen and oxygen atoms in total. The van der Waals surface area contributed by atoms with E-state index in [1.54, 1.807) is 37.4 Å². The molecular formula is C21H18N2O3. The highest BCUT2D eigenvalue weighted by Gasteiger charge is 2.10. The maximum Gasteiger partial charge on any atom is 0.330 e. The topological polar surface area (TPSA) is 68.3 Å². The molecule has 1 aromatic heterocycles. The number of ether oxygens (including phenoxy) is 1. The average molecular weight is 346 g/mol. The molecule has 0 unspecified atom stereocenters. The van der Waals surface area contributed by atoms with E-state index >= 15 is 0 Å². The average Bonchev–Trinajstić information content (AvgIpc) is 2.67. The summed E-state index contributed by atoms with van der Waals surface area (Å²) in [6.45, 7) is 2.10. The summed E-state index contributed by atoms with van der Waals surface area (Å²) in [6.07, 6.45) is 4.71. The third kappa shape index (κ3) is 4.13. The normalized spacial score (nSPS) is 10.8. The molecule has 0 spiro atoms. The van der Waals surface area contributed by atoms with Crippen LogP contribution in [0.5, 0.6) is 0 Å². The zero-order valence-corrected chi connectivity index (χ0v) is 14.3. The second-order valence-electron chi connectivity index (χ2n) is 5.54. The van der Waals surface area contributed by atoms with Crippen LogP contribution in [0.3, 0.4) is 0 Å². The van der Waals surface area contributed by atoms with Crippen LogP contribution in [0.1, 0.15) is 22.8 Å². The van der Waals surface area contributed by atoms with Crippen molar-refractivity contribution in [1.29, 1.82) is 0 Å². The molecule has 26 heavy (non-hydrogen) atoms. The minimum atomic E-state index is -0.381. The molecule has 0 aliphatic heterocycles. The van der Waals surface area contributed by atoms with Gasteiger partial charge in [0, 0.05) is 23.3 Å². The molecule has 1 N–H and O–H groups in total. The first kappa shape index (κ1) is 17.4. The van der Waals surface area contributed by atoms with Crippen molar-refractivity contribution >= 4 is 34.5 Å². The van der Waals surface area contributed by atoms with E-state index in [2.05, 4.69) is 10.3 Å². The number of amides is 1. The fourth-order valence-electron chi connectivity index (χ4n) is 2.52. The first-order chi connectivity index (χ1) is 12.7. The van der Waals surface area contributed by atoms with E-state index in [0.717, 1.165) is 10.9 Å². The largest absolute Gasteiger partial charge is 0.463 e. The van der Waals surface area contributed by atoms with Gasteiger partial charge in [0.15, 0.2) is 0 Å². The van der Waals surface area contributed by atoms with Crippen molar-refractivity contribution in [1.82, 2.24) is 4.98 Å². The van der Waals surface area contributed by atoms with Crippen LogP contribution in [0.25, 0.3) is 17.0 Å². The Kier molecular flexibility index (Phi) is 5.39. The van der Waals surface area contributed by atoms with Gasteiger partial charge in [-0.15, -0.1) is 0 Å². The van der Waals surface area contributed by atoms with Crippen molar-refractivity contribution in [2.75, 3.05) is 11.9 Å². The molecule has 0 aliphatic rings. The van der Waals surface area contributed by atoms with Crippen LogP contribution in [0, 0.1) is 0 Å². The summed E-state index contributed by atoms with van der Waals surface area (Å²) in [6, 6.07) is 16.4. The molecule has 0 saturated carbocycles. The minimum Gasteiger partial charge on any atom is -0.463 e. The Hall–Kier alpha value is -3.47. The van der Waals surface area contributed by atoms with Crippen LogP contribution in [0.4, 0.5) is 5.69 Å². The molecule has 0 bridgehead atoms. The number of aromatic nitrogens is 1. The summed E-state index contributed by atoms with van der Waals surface area (Å²) in [7, 11) is 0. The lowest BCUT2D eigenvalue weighted by molar-refractivity contribution is -0.137. The zero-order chi connectivity index (χ0) is 18.4. The smallest absolute Gasteiger partial charge is 0.330 e. The highest BCUT2D eigenvalue weighted by Crippen LogP contribution is 2.18. The monoisotopic (exact) mass is 346 g/mol. The lowest BCUT2D eigenvalue weighted by atomic mass is 10.1. The van der Waals surface area contributed by atoms with Gasteiger partial charge in [0.25, 0.3) is 5.91 Å². The third-order valence-corrected chi connectivity index (χ3v) is 3.74. The number of hydrogen-bond donors (Lipinski definition) is 1. The highest BCUT2D eigenvalue weighted by molar-refractivity contribution is 6.11. The first-order valence-corrected chi connectivity index (χ1v) is 8.27. The Morgan fingerprint density at radius 2 is 1.85 bits per heavy atom. The van der Waals surface area contributed by atoms with Crippen molar-refractivity contribution in [2.45, 2.75) is 6.92 Å². The molecule has 130 valence electrons. The van der Waals surface area contributed by atoms with Crippen molar-refractivity contribution < 1.29 is 14.3 Å². The van der Waals surface area contributed by atoms with Gasteiger partial charge in [0.2, 0.25) is 0 Å². The number of hydrogen-bond acceptors (Lipinski definition) is 4. The van der Waals surface area contributed by atoms with E-state index in [1.807, 2.05) is 36.4 Å². The number of anilines is 1. The van der Waals surface area contributed by atoms with Crippen LogP contribution < -0.4 is 5.32 Å². The molecule has 2 aromatic carbocycles.